The van der Waals surface area contributed by atoms with E-state index in [1.807, 2.05) is 6.92 Å². The lowest BCUT2D eigenvalue weighted by Crippen LogP contribution is -2.54. The second kappa shape index (κ2) is 4.72. The molecule has 4 N–H and O–H groups in total. The molecule has 0 radical (unpaired) electrons. The lowest BCUT2D eigenvalue weighted by atomic mass is 9.94. The van der Waals surface area contributed by atoms with E-state index >= 15 is 0 Å². The molecule has 1 saturated heterocycles. The van der Waals surface area contributed by atoms with Crippen LogP contribution in [0.25, 0.3) is 0 Å². The van der Waals surface area contributed by atoms with Gasteiger partial charge in [-0.1, -0.05) is 0 Å². The van der Waals surface area contributed by atoms with Crippen LogP contribution < -0.4 is 11.1 Å². The quantitative estimate of drug-likeness (QED) is 0.575. The number of nitrogens with two attached hydrogens (primary N) is 1. The number of rotatable bonds is 4. The molecule has 5 nitrogen and oxygen atoms in total. The fourth-order valence-corrected chi connectivity index (χ4v) is 1.52. The van der Waals surface area contributed by atoms with Gasteiger partial charge in [0.15, 0.2) is 0 Å². The summed E-state index contributed by atoms with van der Waals surface area (Å²) >= 11 is 0. The Bertz CT molecular complexity index is 202. The molecule has 1 fully saturated rings. The fraction of sp³-hybridized carbons (Fsp3) is 0.889. The molecule has 0 amide bonds. The molecular weight excluding hydrogens is 184 g/mol. The van der Waals surface area contributed by atoms with Crippen molar-refractivity contribution in [1.82, 2.24) is 5.32 Å². The van der Waals surface area contributed by atoms with Gasteiger partial charge in [-0.3, -0.25) is 4.79 Å². The first-order valence-corrected chi connectivity index (χ1v) is 4.85. The molecule has 82 valence electrons. The Morgan fingerprint density at radius 3 is 3.00 bits per heavy atom. The van der Waals surface area contributed by atoms with E-state index in [1.165, 1.54) is 0 Å². The third-order valence-corrected chi connectivity index (χ3v) is 2.50. The van der Waals surface area contributed by atoms with Crippen molar-refractivity contribution < 1.29 is 14.6 Å². The average molecular weight is 202 g/mol. The maximum atomic E-state index is 10.5. The van der Waals surface area contributed by atoms with Crippen molar-refractivity contribution in [3.05, 3.63) is 0 Å². The summed E-state index contributed by atoms with van der Waals surface area (Å²) in [5.41, 5.74) is 5.27. The molecular formula is C9H18N2O3. The Balaban J connectivity index is 2.31. The minimum Gasteiger partial charge on any atom is -0.480 e. The Morgan fingerprint density at radius 2 is 2.50 bits per heavy atom. The number of carbonyl (C=O) groups is 1. The van der Waals surface area contributed by atoms with Crippen LogP contribution in [0.5, 0.6) is 0 Å². The van der Waals surface area contributed by atoms with E-state index in [-0.39, 0.29) is 12.1 Å². The van der Waals surface area contributed by atoms with Gasteiger partial charge in [0.1, 0.15) is 6.04 Å². The molecule has 1 aliphatic rings. The van der Waals surface area contributed by atoms with E-state index in [2.05, 4.69) is 5.32 Å². The molecule has 1 aliphatic heterocycles. The summed E-state index contributed by atoms with van der Waals surface area (Å²) in [5, 5.41) is 11.7. The number of carboxylic acids is 1. The van der Waals surface area contributed by atoms with Gasteiger partial charge in [-0.25, -0.2) is 0 Å². The zero-order chi connectivity index (χ0) is 10.6. The third-order valence-electron chi connectivity index (χ3n) is 2.50. The molecule has 1 rings (SSSR count). The van der Waals surface area contributed by atoms with Crippen molar-refractivity contribution >= 4 is 5.97 Å². The third kappa shape index (κ3) is 3.25. The molecule has 2 atom stereocenters. The second-order valence-electron chi connectivity index (χ2n) is 4.04. The molecule has 0 bridgehead atoms. The van der Waals surface area contributed by atoms with Gasteiger partial charge in [-0.15, -0.1) is 0 Å². The van der Waals surface area contributed by atoms with E-state index < -0.39 is 12.0 Å². The Hall–Kier alpha value is -0.650. The summed E-state index contributed by atoms with van der Waals surface area (Å²) in [7, 11) is 0. The van der Waals surface area contributed by atoms with Crippen molar-refractivity contribution in [2.75, 3.05) is 19.8 Å². The molecule has 0 spiro atoms. The summed E-state index contributed by atoms with van der Waals surface area (Å²) in [6, 6.07) is -0.839. The minimum absolute atomic E-state index is 0.120. The molecule has 5 heteroatoms. The van der Waals surface area contributed by atoms with Crippen LogP contribution in [0.1, 0.15) is 19.8 Å². The fourth-order valence-electron chi connectivity index (χ4n) is 1.52. The first-order chi connectivity index (χ1) is 6.53. The van der Waals surface area contributed by atoms with Crippen molar-refractivity contribution in [2.24, 2.45) is 5.73 Å². The highest BCUT2D eigenvalue weighted by atomic mass is 16.5. The van der Waals surface area contributed by atoms with Crippen LogP contribution in [0.15, 0.2) is 0 Å². The lowest BCUT2D eigenvalue weighted by Gasteiger charge is -2.35. The SMILES string of the molecule is CC1(NCC(N)C(=O)O)CCCOC1. The second-order valence-corrected chi connectivity index (χ2v) is 4.04. The number of carboxylic acid groups (broad SMARTS) is 1. The normalized spacial score (nSPS) is 29.9. The molecule has 0 aromatic heterocycles. The first-order valence-electron chi connectivity index (χ1n) is 4.85. The van der Waals surface area contributed by atoms with Gasteiger partial charge in [0.05, 0.1) is 6.61 Å². The van der Waals surface area contributed by atoms with Gasteiger partial charge in [0.2, 0.25) is 0 Å². The van der Waals surface area contributed by atoms with Gasteiger partial charge >= 0.3 is 5.97 Å². The van der Waals surface area contributed by atoms with Crippen LogP contribution in [0.2, 0.25) is 0 Å². The maximum Gasteiger partial charge on any atom is 0.321 e. The van der Waals surface area contributed by atoms with Crippen LogP contribution in [-0.4, -0.2) is 42.4 Å². The number of aliphatic carboxylic acids is 1. The highest BCUT2D eigenvalue weighted by Crippen LogP contribution is 2.17. The summed E-state index contributed by atoms with van der Waals surface area (Å²) in [5.74, 6) is -0.974. The molecule has 0 aromatic carbocycles. The van der Waals surface area contributed by atoms with Crippen molar-refractivity contribution in [3.8, 4) is 0 Å². The lowest BCUT2D eigenvalue weighted by molar-refractivity contribution is -0.138. The molecule has 0 aromatic rings. The molecule has 0 aliphatic carbocycles. The standard InChI is InChI=1S/C9H18N2O3/c1-9(3-2-4-14-6-9)11-5-7(10)8(12)13/h7,11H,2-6,10H2,1H3,(H,12,13). The van der Waals surface area contributed by atoms with E-state index in [4.69, 9.17) is 15.6 Å². The number of ether oxygens (including phenoxy) is 1. The zero-order valence-corrected chi connectivity index (χ0v) is 8.45. The Labute approximate surface area is 83.6 Å². The number of hydrogen-bond donors (Lipinski definition) is 3. The average Bonchev–Trinajstić information content (AvgIpc) is 2.15. The van der Waals surface area contributed by atoms with E-state index in [1.54, 1.807) is 0 Å². The van der Waals surface area contributed by atoms with Crippen LogP contribution >= 0.6 is 0 Å². The number of hydrogen-bond acceptors (Lipinski definition) is 4. The maximum absolute atomic E-state index is 10.5. The van der Waals surface area contributed by atoms with Crippen LogP contribution in [-0.2, 0) is 9.53 Å². The van der Waals surface area contributed by atoms with Crippen LogP contribution in [0.3, 0.4) is 0 Å². The van der Waals surface area contributed by atoms with Gasteiger partial charge in [0, 0.05) is 18.7 Å². The van der Waals surface area contributed by atoms with Crippen molar-refractivity contribution in [1.29, 1.82) is 0 Å². The predicted molar refractivity (Wildman–Crippen MR) is 52.1 cm³/mol. The minimum atomic E-state index is -0.974. The topological polar surface area (TPSA) is 84.6 Å². The highest BCUT2D eigenvalue weighted by Gasteiger charge is 2.28. The van der Waals surface area contributed by atoms with Crippen molar-refractivity contribution in [2.45, 2.75) is 31.3 Å². The molecule has 1 heterocycles. The summed E-state index contributed by atoms with van der Waals surface area (Å²) in [6.07, 6.45) is 2.01. The molecule has 2 unspecified atom stereocenters. The van der Waals surface area contributed by atoms with Gasteiger partial charge in [0.25, 0.3) is 0 Å². The van der Waals surface area contributed by atoms with Crippen LogP contribution in [0, 0.1) is 0 Å². The molecule has 14 heavy (non-hydrogen) atoms. The largest absolute Gasteiger partial charge is 0.480 e. The summed E-state index contributed by atoms with van der Waals surface area (Å²) in [4.78, 5) is 10.5. The van der Waals surface area contributed by atoms with E-state index in [9.17, 15) is 4.79 Å². The first kappa shape index (κ1) is 11.4. The monoisotopic (exact) mass is 202 g/mol. The Kier molecular flexibility index (Phi) is 3.86. The van der Waals surface area contributed by atoms with Gasteiger partial charge < -0.3 is 20.9 Å². The number of nitrogens with one attached hydrogen (secondary N) is 1. The summed E-state index contributed by atoms with van der Waals surface area (Å²) < 4.78 is 5.33. The van der Waals surface area contributed by atoms with E-state index in [0.29, 0.717) is 6.61 Å². The van der Waals surface area contributed by atoms with Crippen LogP contribution in [0.4, 0.5) is 0 Å². The van der Waals surface area contributed by atoms with Gasteiger partial charge in [-0.2, -0.15) is 0 Å². The Morgan fingerprint density at radius 1 is 1.79 bits per heavy atom. The zero-order valence-electron chi connectivity index (χ0n) is 8.45. The summed E-state index contributed by atoms with van der Waals surface area (Å²) in [6.45, 7) is 3.73. The predicted octanol–water partition coefficient (Wildman–Crippen LogP) is -0.443. The van der Waals surface area contributed by atoms with E-state index in [0.717, 1.165) is 19.4 Å². The smallest absolute Gasteiger partial charge is 0.321 e. The highest BCUT2D eigenvalue weighted by molar-refractivity contribution is 5.73. The van der Waals surface area contributed by atoms with Gasteiger partial charge in [-0.05, 0) is 19.8 Å². The molecule has 0 saturated carbocycles. The van der Waals surface area contributed by atoms with Crippen molar-refractivity contribution in [3.63, 3.8) is 0 Å².